The summed E-state index contributed by atoms with van der Waals surface area (Å²) in [5.74, 6) is -0.267. The Balaban J connectivity index is 1.73. The number of carbonyl (C=O) groups is 3. The van der Waals surface area contributed by atoms with Crippen molar-refractivity contribution in [2.75, 3.05) is 13.1 Å². The molecule has 0 unspecified atom stereocenters. The molecule has 2 aromatic rings. The number of benzene rings is 1. The van der Waals surface area contributed by atoms with Crippen LogP contribution in [0.3, 0.4) is 0 Å². The Morgan fingerprint density at radius 3 is 2.12 bits per heavy atom. The summed E-state index contributed by atoms with van der Waals surface area (Å²) in [5.41, 5.74) is -0.212. The van der Waals surface area contributed by atoms with Gasteiger partial charge in [0.2, 0.25) is 0 Å². The maximum atomic E-state index is 13.2. The molecule has 1 aromatic carbocycles. The largest absolute Gasteiger partial charge is 0.444 e. The lowest BCUT2D eigenvalue weighted by Crippen LogP contribution is -2.47. The normalized spacial score (nSPS) is 15.4. The lowest BCUT2D eigenvalue weighted by atomic mass is 10.0. The highest BCUT2D eigenvalue weighted by atomic mass is 79.9. The van der Waals surface area contributed by atoms with Crippen molar-refractivity contribution < 1.29 is 23.9 Å². The number of nitrogens with zero attached hydrogens (tertiary/aromatic N) is 2. The first kappa shape index (κ1) is 25.1. The van der Waals surface area contributed by atoms with Gasteiger partial charge in [-0.05, 0) is 72.6 Å². The van der Waals surface area contributed by atoms with Gasteiger partial charge in [-0.2, -0.15) is 0 Å². The van der Waals surface area contributed by atoms with E-state index in [1.165, 1.54) is 10.8 Å². The van der Waals surface area contributed by atoms with Crippen LogP contribution < -0.4 is 5.32 Å². The third kappa shape index (κ3) is 6.50. The van der Waals surface area contributed by atoms with E-state index < -0.39 is 17.3 Å². The van der Waals surface area contributed by atoms with E-state index in [1.807, 2.05) is 32.9 Å². The highest BCUT2D eigenvalue weighted by molar-refractivity contribution is 9.10. The summed E-state index contributed by atoms with van der Waals surface area (Å²) in [4.78, 5) is 39.8. The second-order valence-corrected chi connectivity index (χ2v) is 11.2. The van der Waals surface area contributed by atoms with Gasteiger partial charge in [-0.1, -0.05) is 15.9 Å². The van der Waals surface area contributed by atoms with Gasteiger partial charge in [-0.25, -0.2) is 9.59 Å². The molecule has 2 heterocycles. The SMILES string of the molecule is CC(C)(C)OC(=O)N1CCC(NC(=O)c2cn(C(=O)OC(C)(C)C)c3ccc(Br)cc23)CC1. The summed E-state index contributed by atoms with van der Waals surface area (Å²) in [6.45, 7) is 11.9. The Kier molecular flexibility index (Phi) is 7.12. The Bertz CT molecular complexity index is 1060. The van der Waals surface area contributed by atoms with E-state index in [1.54, 1.807) is 31.7 Å². The molecule has 2 amide bonds. The highest BCUT2D eigenvalue weighted by Crippen LogP contribution is 2.27. The van der Waals surface area contributed by atoms with Crippen LogP contribution in [-0.4, -0.2) is 57.9 Å². The van der Waals surface area contributed by atoms with Gasteiger partial charge in [0.15, 0.2) is 0 Å². The summed E-state index contributed by atoms with van der Waals surface area (Å²) in [7, 11) is 0. The van der Waals surface area contributed by atoms with Gasteiger partial charge in [-0.15, -0.1) is 0 Å². The zero-order chi connectivity index (χ0) is 24.6. The van der Waals surface area contributed by atoms with Gasteiger partial charge in [0, 0.05) is 35.2 Å². The van der Waals surface area contributed by atoms with Crippen molar-refractivity contribution >= 4 is 44.9 Å². The van der Waals surface area contributed by atoms with Crippen molar-refractivity contribution in [2.24, 2.45) is 0 Å². The van der Waals surface area contributed by atoms with Crippen LogP contribution in [0, 0.1) is 0 Å². The minimum atomic E-state index is -0.659. The smallest absolute Gasteiger partial charge is 0.419 e. The number of rotatable bonds is 2. The number of piperidine rings is 1. The van der Waals surface area contributed by atoms with E-state index in [0.29, 0.717) is 42.4 Å². The molecule has 0 saturated carbocycles. The van der Waals surface area contributed by atoms with Gasteiger partial charge in [-0.3, -0.25) is 9.36 Å². The second-order valence-electron chi connectivity index (χ2n) is 10.3. The number of ether oxygens (including phenoxy) is 2. The predicted molar refractivity (Wildman–Crippen MR) is 130 cm³/mol. The first-order chi connectivity index (χ1) is 15.2. The summed E-state index contributed by atoms with van der Waals surface area (Å²) in [6, 6.07) is 5.33. The molecule has 0 spiro atoms. The Morgan fingerprint density at radius 2 is 1.55 bits per heavy atom. The zero-order valence-electron chi connectivity index (χ0n) is 20.0. The van der Waals surface area contributed by atoms with Gasteiger partial charge < -0.3 is 19.7 Å². The molecule has 1 N–H and O–H groups in total. The molecule has 0 bridgehead atoms. The van der Waals surface area contributed by atoms with E-state index in [2.05, 4.69) is 21.2 Å². The Morgan fingerprint density at radius 1 is 0.970 bits per heavy atom. The average molecular weight is 522 g/mol. The fraction of sp³-hybridized carbons (Fsp3) is 0.542. The number of hydrogen-bond acceptors (Lipinski definition) is 5. The van der Waals surface area contributed by atoms with Crippen LogP contribution >= 0.6 is 15.9 Å². The number of fused-ring (bicyclic) bond motifs is 1. The molecule has 1 aromatic heterocycles. The molecule has 0 atom stereocenters. The first-order valence-corrected chi connectivity index (χ1v) is 11.9. The lowest BCUT2D eigenvalue weighted by Gasteiger charge is -2.33. The average Bonchev–Trinajstić information content (AvgIpc) is 3.04. The van der Waals surface area contributed by atoms with E-state index in [9.17, 15) is 14.4 Å². The van der Waals surface area contributed by atoms with E-state index in [4.69, 9.17) is 9.47 Å². The third-order valence-electron chi connectivity index (χ3n) is 5.08. The minimum absolute atomic E-state index is 0.0803. The van der Waals surface area contributed by atoms with Crippen molar-refractivity contribution in [1.29, 1.82) is 0 Å². The summed E-state index contributed by atoms with van der Waals surface area (Å²) in [6.07, 6.45) is 1.90. The van der Waals surface area contributed by atoms with Crippen LogP contribution in [0.2, 0.25) is 0 Å². The molecule has 0 aliphatic carbocycles. The van der Waals surface area contributed by atoms with E-state index in [0.717, 1.165) is 4.47 Å². The van der Waals surface area contributed by atoms with Crippen LogP contribution in [0.25, 0.3) is 10.9 Å². The molecule has 0 radical (unpaired) electrons. The van der Waals surface area contributed by atoms with Gasteiger partial charge in [0.05, 0.1) is 11.1 Å². The molecular weight excluding hydrogens is 490 g/mol. The molecule has 3 rings (SSSR count). The number of carbonyl (C=O) groups excluding carboxylic acids is 3. The standard InChI is InChI=1S/C24H32BrN3O5/c1-23(2,3)32-21(30)27-11-9-16(10-12-27)26-20(29)18-14-28(22(31)33-24(4,5)6)19-8-7-15(25)13-17(18)19/h7-8,13-14,16H,9-12H2,1-6H3,(H,26,29). The number of amides is 2. The van der Waals surface area contributed by atoms with Crippen molar-refractivity contribution in [3.05, 3.63) is 34.4 Å². The number of halogens is 1. The zero-order valence-corrected chi connectivity index (χ0v) is 21.6. The van der Waals surface area contributed by atoms with Crippen LogP contribution in [0.5, 0.6) is 0 Å². The quantitative estimate of drug-likeness (QED) is 0.577. The monoisotopic (exact) mass is 521 g/mol. The molecular formula is C24H32BrN3O5. The lowest BCUT2D eigenvalue weighted by molar-refractivity contribution is 0.0199. The molecule has 9 heteroatoms. The highest BCUT2D eigenvalue weighted by Gasteiger charge is 2.29. The maximum absolute atomic E-state index is 13.2. The molecule has 1 saturated heterocycles. The van der Waals surface area contributed by atoms with Crippen LogP contribution in [0.4, 0.5) is 9.59 Å². The summed E-state index contributed by atoms with van der Waals surface area (Å²) >= 11 is 3.44. The minimum Gasteiger partial charge on any atom is -0.444 e. The number of aromatic nitrogens is 1. The van der Waals surface area contributed by atoms with Crippen molar-refractivity contribution in [3.8, 4) is 0 Å². The molecule has 8 nitrogen and oxygen atoms in total. The van der Waals surface area contributed by atoms with Crippen LogP contribution in [0.15, 0.2) is 28.9 Å². The Labute approximate surface area is 202 Å². The fourth-order valence-corrected chi connectivity index (χ4v) is 4.00. The van der Waals surface area contributed by atoms with Gasteiger partial charge in [0.25, 0.3) is 5.91 Å². The predicted octanol–water partition coefficient (Wildman–Crippen LogP) is 5.32. The van der Waals surface area contributed by atoms with Gasteiger partial charge >= 0.3 is 12.2 Å². The molecule has 33 heavy (non-hydrogen) atoms. The van der Waals surface area contributed by atoms with E-state index >= 15 is 0 Å². The summed E-state index contributed by atoms with van der Waals surface area (Å²) < 4.78 is 13.1. The topological polar surface area (TPSA) is 89.9 Å². The molecule has 1 aliphatic rings. The number of hydrogen-bond donors (Lipinski definition) is 1. The number of nitrogens with one attached hydrogen (secondary N) is 1. The molecule has 1 fully saturated rings. The van der Waals surface area contributed by atoms with Crippen molar-refractivity contribution in [2.45, 2.75) is 71.6 Å². The van der Waals surface area contributed by atoms with Crippen LogP contribution in [-0.2, 0) is 9.47 Å². The van der Waals surface area contributed by atoms with Crippen LogP contribution in [0.1, 0.15) is 64.7 Å². The van der Waals surface area contributed by atoms with Gasteiger partial charge in [0.1, 0.15) is 11.2 Å². The molecule has 180 valence electrons. The van der Waals surface area contributed by atoms with Crippen molar-refractivity contribution in [3.63, 3.8) is 0 Å². The van der Waals surface area contributed by atoms with E-state index in [-0.39, 0.29) is 18.0 Å². The fourth-order valence-electron chi connectivity index (χ4n) is 3.64. The maximum Gasteiger partial charge on any atom is 0.419 e. The first-order valence-electron chi connectivity index (χ1n) is 11.1. The molecule has 1 aliphatic heterocycles. The summed E-state index contributed by atoms with van der Waals surface area (Å²) in [5, 5.41) is 3.71. The van der Waals surface area contributed by atoms with Crippen molar-refractivity contribution in [1.82, 2.24) is 14.8 Å². The second kappa shape index (κ2) is 9.37. The third-order valence-corrected chi connectivity index (χ3v) is 5.58. The Hall–Kier alpha value is -2.55. The number of likely N-dealkylation sites (tertiary alicyclic amines) is 1.